The normalized spacial score (nSPS) is 25.4. The Hall–Kier alpha value is -2.54. The van der Waals surface area contributed by atoms with Crippen molar-refractivity contribution >= 4 is 11.9 Å². The van der Waals surface area contributed by atoms with Crippen molar-refractivity contribution in [3.05, 3.63) is 48.5 Å². The molecule has 2 aromatic rings. The molecule has 2 fully saturated rings. The summed E-state index contributed by atoms with van der Waals surface area (Å²) in [5.74, 6) is 1.51. The molecule has 0 spiro atoms. The smallest absolute Gasteiger partial charge is 0.255 e. The van der Waals surface area contributed by atoms with Crippen LogP contribution in [0.1, 0.15) is 16.8 Å². The number of carbonyl (C=O) groups is 1. The minimum atomic E-state index is 0.0524. The molecule has 1 amide bonds. The van der Waals surface area contributed by atoms with Gasteiger partial charge in [0.2, 0.25) is 5.95 Å². The van der Waals surface area contributed by atoms with Crippen LogP contribution in [0.2, 0.25) is 0 Å². The summed E-state index contributed by atoms with van der Waals surface area (Å²) >= 11 is 0. The Balaban J connectivity index is 1.39. The molecule has 0 aromatic carbocycles. The van der Waals surface area contributed by atoms with Crippen LogP contribution < -0.4 is 5.32 Å². The lowest BCUT2D eigenvalue weighted by molar-refractivity contribution is 0.0576. The van der Waals surface area contributed by atoms with Gasteiger partial charge < -0.3 is 15.0 Å². The van der Waals surface area contributed by atoms with Gasteiger partial charge in [-0.05, 0) is 30.5 Å². The fraction of sp³-hybridized carbons (Fsp3) is 0.444. The van der Waals surface area contributed by atoms with Gasteiger partial charge >= 0.3 is 0 Å². The van der Waals surface area contributed by atoms with Crippen LogP contribution in [0.25, 0.3) is 0 Å². The Morgan fingerprint density at radius 3 is 2.96 bits per heavy atom. The molecule has 2 aliphatic heterocycles. The van der Waals surface area contributed by atoms with Gasteiger partial charge in [0.1, 0.15) is 0 Å². The number of nitrogens with zero attached hydrogens (tertiary/aromatic N) is 4. The van der Waals surface area contributed by atoms with Gasteiger partial charge in [-0.2, -0.15) is 0 Å². The number of nitrogens with one attached hydrogen (secondary N) is 1. The second kappa shape index (κ2) is 7.14. The Morgan fingerprint density at radius 2 is 2.16 bits per heavy atom. The van der Waals surface area contributed by atoms with Gasteiger partial charge in [-0.15, -0.1) is 0 Å². The minimum absolute atomic E-state index is 0.0524. The fourth-order valence-electron chi connectivity index (χ4n) is 3.68. The average molecular weight is 339 g/mol. The van der Waals surface area contributed by atoms with E-state index in [0.29, 0.717) is 29.9 Å². The molecule has 130 valence electrons. The van der Waals surface area contributed by atoms with Gasteiger partial charge in [0.25, 0.3) is 5.91 Å². The van der Waals surface area contributed by atoms with E-state index >= 15 is 0 Å². The third kappa shape index (κ3) is 3.46. The quantitative estimate of drug-likeness (QED) is 0.908. The number of hydrogen-bond donors (Lipinski definition) is 1. The molecule has 7 nitrogen and oxygen atoms in total. The standard InChI is InChI=1S/C18H21N5O2/c24-17(13-3-1-5-19-9-13)23-8-4-14-12-25-16(15(14)11-23)10-22-18-20-6-2-7-21-18/h1-3,5-7,9,14-16H,4,8,10-12H2,(H,20,21,22)/t14-,15-,16+/m0/s1. The second-order valence-electron chi connectivity index (χ2n) is 6.53. The van der Waals surface area contributed by atoms with Gasteiger partial charge in [-0.3, -0.25) is 9.78 Å². The van der Waals surface area contributed by atoms with E-state index in [9.17, 15) is 4.79 Å². The number of piperidine rings is 1. The maximum atomic E-state index is 12.7. The molecule has 3 atom stereocenters. The summed E-state index contributed by atoms with van der Waals surface area (Å²) in [6.45, 7) is 2.92. The predicted octanol–water partition coefficient (Wildman–Crippen LogP) is 1.46. The van der Waals surface area contributed by atoms with E-state index in [0.717, 1.165) is 26.1 Å². The number of aromatic nitrogens is 3. The molecule has 4 rings (SSSR count). The van der Waals surface area contributed by atoms with Crippen LogP contribution in [0.3, 0.4) is 0 Å². The lowest BCUT2D eigenvalue weighted by Crippen LogP contribution is -2.46. The number of carbonyl (C=O) groups excluding carboxylic acids is 1. The van der Waals surface area contributed by atoms with Crippen LogP contribution in [0.15, 0.2) is 43.0 Å². The number of anilines is 1. The number of ether oxygens (including phenoxy) is 1. The molecule has 2 aromatic heterocycles. The highest BCUT2D eigenvalue weighted by molar-refractivity contribution is 5.93. The third-order valence-corrected chi connectivity index (χ3v) is 5.03. The van der Waals surface area contributed by atoms with Crippen LogP contribution >= 0.6 is 0 Å². The monoisotopic (exact) mass is 339 g/mol. The second-order valence-corrected chi connectivity index (χ2v) is 6.53. The minimum Gasteiger partial charge on any atom is -0.376 e. The van der Waals surface area contributed by atoms with Crippen molar-refractivity contribution in [3.63, 3.8) is 0 Å². The lowest BCUT2D eigenvalue weighted by Gasteiger charge is -2.36. The van der Waals surface area contributed by atoms with E-state index in [-0.39, 0.29) is 12.0 Å². The molecule has 4 heterocycles. The predicted molar refractivity (Wildman–Crippen MR) is 92.0 cm³/mol. The number of pyridine rings is 1. The fourth-order valence-corrected chi connectivity index (χ4v) is 3.68. The SMILES string of the molecule is O=C(c1cccnc1)N1CC[C@H]2CO[C@H](CNc3ncccn3)[C@H]2C1. The Morgan fingerprint density at radius 1 is 1.28 bits per heavy atom. The van der Waals surface area contributed by atoms with E-state index in [4.69, 9.17) is 4.74 Å². The van der Waals surface area contributed by atoms with Gasteiger partial charge in [-0.1, -0.05) is 0 Å². The summed E-state index contributed by atoms with van der Waals surface area (Å²) in [7, 11) is 0. The molecule has 25 heavy (non-hydrogen) atoms. The molecule has 0 bridgehead atoms. The first-order valence-electron chi connectivity index (χ1n) is 8.63. The lowest BCUT2D eigenvalue weighted by atomic mass is 9.84. The number of rotatable bonds is 4. The van der Waals surface area contributed by atoms with Gasteiger partial charge in [-0.25, -0.2) is 9.97 Å². The number of amides is 1. The molecule has 2 saturated heterocycles. The van der Waals surface area contributed by atoms with Gasteiger partial charge in [0.15, 0.2) is 0 Å². The summed E-state index contributed by atoms with van der Waals surface area (Å²) in [4.78, 5) is 27.0. The summed E-state index contributed by atoms with van der Waals surface area (Å²) < 4.78 is 5.99. The maximum Gasteiger partial charge on any atom is 0.255 e. The van der Waals surface area contributed by atoms with Crippen LogP contribution in [0.5, 0.6) is 0 Å². The van der Waals surface area contributed by atoms with E-state index in [1.165, 1.54) is 0 Å². The van der Waals surface area contributed by atoms with Gasteiger partial charge in [0, 0.05) is 50.3 Å². The number of fused-ring (bicyclic) bond motifs is 1. The van der Waals surface area contributed by atoms with Crippen molar-refractivity contribution in [1.82, 2.24) is 19.9 Å². The van der Waals surface area contributed by atoms with Crippen molar-refractivity contribution in [1.29, 1.82) is 0 Å². The summed E-state index contributed by atoms with van der Waals surface area (Å²) in [6, 6.07) is 5.40. The van der Waals surface area contributed by atoms with E-state index in [1.807, 2.05) is 11.0 Å². The zero-order chi connectivity index (χ0) is 17.1. The van der Waals surface area contributed by atoms with Crippen molar-refractivity contribution in [3.8, 4) is 0 Å². The average Bonchev–Trinajstić information content (AvgIpc) is 3.09. The Labute approximate surface area is 146 Å². The zero-order valence-corrected chi connectivity index (χ0v) is 13.9. The summed E-state index contributed by atoms with van der Waals surface area (Å²) in [5, 5.41) is 3.23. The highest BCUT2D eigenvalue weighted by Crippen LogP contribution is 2.34. The molecule has 0 aliphatic carbocycles. The van der Waals surface area contributed by atoms with E-state index < -0.39 is 0 Å². The first-order chi connectivity index (χ1) is 12.3. The Bertz CT molecular complexity index is 712. The van der Waals surface area contributed by atoms with Crippen molar-refractivity contribution in [2.45, 2.75) is 12.5 Å². The highest BCUT2D eigenvalue weighted by atomic mass is 16.5. The number of likely N-dealkylation sites (tertiary alicyclic amines) is 1. The molecule has 2 aliphatic rings. The zero-order valence-electron chi connectivity index (χ0n) is 13.9. The van der Waals surface area contributed by atoms with Crippen LogP contribution in [-0.4, -0.2) is 58.1 Å². The molecule has 0 unspecified atom stereocenters. The first kappa shape index (κ1) is 16.0. The van der Waals surface area contributed by atoms with Gasteiger partial charge in [0.05, 0.1) is 18.3 Å². The van der Waals surface area contributed by atoms with Crippen LogP contribution in [-0.2, 0) is 4.74 Å². The summed E-state index contributed by atoms with van der Waals surface area (Å²) in [5.41, 5.74) is 0.646. The van der Waals surface area contributed by atoms with E-state index in [1.54, 1.807) is 36.9 Å². The molecular formula is C18H21N5O2. The highest BCUT2D eigenvalue weighted by Gasteiger charge is 2.42. The third-order valence-electron chi connectivity index (χ3n) is 5.03. The van der Waals surface area contributed by atoms with Crippen molar-refractivity contribution in [2.75, 3.05) is 31.6 Å². The van der Waals surface area contributed by atoms with Crippen molar-refractivity contribution in [2.24, 2.45) is 11.8 Å². The molecule has 0 saturated carbocycles. The summed E-state index contributed by atoms with van der Waals surface area (Å²) in [6.07, 6.45) is 7.78. The molecular weight excluding hydrogens is 318 g/mol. The first-order valence-corrected chi connectivity index (χ1v) is 8.63. The topological polar surface area (TPSA) is 80.2 Å². The number of hydrogen-bond acceptors (Lipinski definition) is 6. The Kier molecular flexibility index (Phi) is 4.56. The van der Waals surface area contributed by atoms with E-state index in [2.05, 4.69) is 20.3 Å². The van der Waals surface area contributed by atoms with Crippen LogP contribution in [0.4, 0.5) is 5.95 Å². The largest absolute Gasteiger partial charge is 0.376 e. The van der Waals surface area contributed by atoms with Crippen molar-refractivity contribution < 1.29 is 9.53 Å². The molecule has 7 heteroatoms. The molecule has 1 N–H and O–H groups in total. The van der Waals surface area contributed by atoms with Crippen LogP contribution in [0, 0.1) is 11.8 Å². The molecule has 0 radical (unpaired) electrons. The maximum absolute atomic E-state index is 12.7.